The molecule has 25 heavy (non-hydrogen) atoms. The highest BCUT2D eigenvalue weighted by Crippen LogP contribution is 2.15. The number of piperazine rings is 1. The molecule has 0 aromatic heterocycles. The monoisotopic (exact) mass is 348 g/mol. The first-order chi connectivity index (χ1) is 12.1. The van der Waals surface area contributed by atoms with E-state index in [-0.39, 0.29) is 31.8 Å². The molecule has 1 fully saturated rings. The van der Waals surface area contributed by atoms with Gasteiger partial charge in [-0.2, -0.15) is 0 Å². The fourth-order valence-electron chi connectivity index (χ4n) is 2.64. The highest BCUT2D eigenvalue weighted by molar-refractivity contribution is 5.78. The fourth-order valence-corrected chi connectivity index (χ4v) is 2.64. The molecule has 2 rings (SSSR count). The molecule has 1 aromatic rings. The standard InChI is InChI=1S/C17H24N4O4/c22-15(6-8-18-17(25)19-9-7-16(23)24)21-12-10-20(11-13-21)14-4-2-1-3-5-14/h1-5H,6-13H2,(H,23,24)(H2,18,19,25). The normalized spacial score (nSPS) is 14.1. The maximum Gasteiger partial charge on any atom is 0.314 e. The molecular formula is C17H24N4O4. The maximum absolute atomic E-state index is 12.2. The molecule has 1 heterocycles. The molecule has 3 N–H and O–H groups in total. The number of anilines is 1. The molecule has 0 unspecified atom stereocenters. The second kappa shape index (κ2) is 9.51. The molecule has 0 atom stereocenters. The van der Waals surface area contributed by atoms with Crippen molar-refractivity contribution in [1.29, 1.82) is 0 Å². The number of carbonyl (C=O) groups is 3. The number of hydrogen-bond donors (Lipinski definition) is 3. The number of nitrogens with zero attached hydrogens (tertiary/aromatic N) is 2. The Bertz CT molecular complexity index is 586. The van der Waals surface area contributed by atoms with Gasteiger partial charge in [-0.1, -0.05) is 18.2 Å². The van der Waals surface area contributed by atoms with Crippen molar-refractivity contribution in [2.75, 3.05) is 44.2 Å². The third-order valence-corrected chi connectivity index (χ3v) is 4.00. The van der Waals surface area contributed by atoms with Gasteiger partial charge < -0.3 is 25.5 Å². The Morgan fingerprint density at radius 3 is 2.12 bits per heavy atom. The molecule has 136 valence electrons. The topological polar surface area (TPSA) is 102 Å². The number of carboxylic acids is 1. The molecule has 3 amide bonds. The fraction of sp³-hybridized carbons (Fsp3) is 0.471. The lowest BCUT2D eigenvalue weighted by atomic mass is 10.2. The molecule has 0 bridgehead atoms. The minimum atomic E-state index is -0.967. The van der Waals surface area contributed by atoms with Crippen LogP contribution in [-0.4, -0.2) is 67.2 Å². The third-order valence-electron chi connectivity index (χ3n) is 4.00. The highest BCUT2D eigenvalue weighted by Gasteiger charge is 2.20. The van der Waals surface area contributed by atoms with Crippen LogP contribution < -0.4 is 15.5 Å². The summed E-state index contributed by atoms with van der Waals surface area (Å²) in [6.45, 7) is 3.21. The van der Waals surface area contributed by atoms with Crippen molar-refractivity contribution < 1.29 is 19.5 Å². The van der Waals surface area contributed by atoms with Crippen molar-refractivity contribution in [3.05, 3.63) is 30.3 Å². The molecule has 0 aliphatic carbocycles. The molecule has 1 aliphatic rings. The number of aliphatic carboxylic acids is 1. The number of amides is 3. The maximum atomic E-state index is 12.2. The minimum Gasteiger partial charge on any atom is -0.481 e. The summed E-state index contributed by atoms with van der Waals surface area (Å²) in [5.74, 6) is -0.955. The highest BCUT2D eigenvalue weighted by atomic mass is 16.4. The average molecular weight is 348 g/mol. The second-order valence-electron chi connectivity index (χ2n) is 5.78. The lowest BCUT2D eigenvalue weighted by Crippen LogP contribution is -2.49. The molecule has 1 aliphatic heterocycles. The van der Waals surface area contributed by atoms with Crippen molar-refractivity contribution in [1.82, 2.24) is 15.5 Å². The average Bonchev–Trinajstić information content (AvgIpc) is 2.62. The van der Waals surface area contributed by atoms with Crippen LogP contribution in [0.3, 0.4) is 0 Å². The van der Waals surface area contributed by atoms with E-state index in [1.54, 1.807) is 0 Å². The summed E-state index contributed by atoms with van der Waals surface area (Å²) >= 11 is 0. The van der Waals surface area contributed by atoms with Crippen molar-refractivity contribution in [3.63, 3.8) is 0 Å². The summed E-state index contributed by atoms with van der Waals surface area (Å²) in [6, 6.07) is 9.64. The van der Waals surface area contributed by atoms with E-state index < -0.39 is 12.0 Å². The van der Waals surface area contributed by atoms with Crippen LogP contribution in [-0.2, 0) is 9.59 Å². The number of rotatable bonds is 7. The Hall–Kier alpha value is -2.77. The summed E-state index contributed by atoms with van der Waals surface area (Å²) in [7, 11) is 0. The van der Waals surface area contributed by atoms with Gasteiger partial charge in [0.25, 0.3) is 0 Å². The minimum absolute atomic E-state index is 0.0125. The van der Waals surface area contributed by atoms with E-state index in [4.69, 9.17) is 5.11 Å². The Balaban J connectivity index is 1.62. The van der Waals surface area contributed by atoms with E-state index in [0.29, 0.717) is 13.1 Å². The van der Waals surface area contributed by atoms with Gasteiger partial charge in [0, 0.05) is 51.4 Å². The van der Waals surface area contributed by atoms with Crippen LogP contribution in [0.25, 0.3) is 0 Å². The van der Waals surface area contributed by atoms with Crippen molar-refractivity contribution >= 4 is 23.6 Å². The van der Waals surface area contributed by atoms with Gasteiger partial charge in [0.05, 0.1) is 6.42 Å². The van der Waals surface area contributed by atoms with Crippen molar-refractivity contribution in [3.8, 4) is 0 Å². The molecule has 0 radical (unpaired) electrons. The second-order valence-corrected chi connectivity index (χ2v) is 5.78. The number of benzene rings is 1. The van der Waals surface area contributed by atoms with Crippen molar-refractivity contribution in [2.45, 2.75) is 12.8 Å². The molecule has 1 aromatic carbocycles. The number of urea groups is 1. The summed E-state index contributed by atoms with van der Waals surface area (Å²) in [5, 5.41) is 13.5. The third kappa shape index (κ3) is 6.33. The van der Waals surface area contributed by atoms with E-state index in [2.05, 4.69) is 27.7 Å². The SMILES string of the molecule is O=C(O)CCNC(=O)NCCC(=O)N1CCN(c2ccccc2)CC1. The zero-order chi connectivity index (χ0) is 18.1. The molecule has 0 saturated carbocycles. The van der Waals surface area contributed by atoms with Crippen LogP contribution in [0.5, 0.6) is 0 Å². The van der Waals surface area contributed by atoms with Crippen LogP contribution in [0.4, 0.5) is 10.5 Å². The number of para-hydroxylation sites is 1. The van der Waals surface area contributed by atoms with E-state index in [9.17, 15) is 14.4 Å². The first kappa shape index (κ1) is 18.6. The summed E-state index contributed by atoms with van der Waals surface area (Å²) in [5.41, 5.74) is 1.16. The Kier molecular flexibility index (Phi) is 7.06. The van der Waals surface area contributed by atoms with Gasteiger partial charge in [-0.25, -0.2) is 4.79 Å². The molecule has 8 nitrogen and oxygen atoms in total. The van der Waals surface area contributed by atoms with Crippen molar-refractivity contribution in [2.24, 2.45) is 0 Å². The number of carbonyl (C=O) groups excluding carboxylic acids is 2. The number of carboxylic acid groups (broad SMARTS) is 1. The molecular weight excluding hydrogens is 324 g/mol. The zero-order valence-corrected chi connectivity index (χ0v) is 14.1. The smallest absolute Gasteiger partial charge is 0.314 e. The van der Waals surface area contributed by atoms with E-state index in [1.807, 2.05) is 23.1 Å². The number of nitrogens with one attached hydrogen (secondary N) is 2. The summed E-state index contributed by atoms with van der Waals surface area (Å²) in [6.07, 6.45) is 0.107. The van der Waals surface area contributed by atoms with Gasteiger partial charge in [0.1, 0.15) is 0 Å². The molecule has 0 spiro atoms. The van der Waals surface area contributed by atoms with Gasteiger partial charge >= 0.3 is 12.0 Å². The summed E-state index contributed by atoms with van der Waals surface area (Å²) < 4.78 is 0. The van der Waals surface area contributed by atoms with E-state index in [1.165, 1.54) is 0 Å². The largest absolute Gasteiger partial charge is 0.481 e. The lowest BCUT2D eigenvalue weighted by molar-refractivity contribution is -0.136. The predicted molar refractivity (Wildman–Crippen MR) is 93.5 cm³/mol. The first-order valence-electron chi connectivity index (χ1n) is 8.37. The van der Waals surface area contributed by atoms with Crippen LogP contribution in [0.15, 0.2) is 30.3 Å². The Labute approximate surface area is 146 Å². The van der Waals surface area contributed by atoms with Gasteiger partial charge in [-0.3, -0.25) is 9.59 Å². The van der Waals surface area contributed by atoms with Gasteiger partial charge in [-0.05, 0) is 12.1 Å². The molecule has 8 heteroatoms. The Morgan fingerprint density at radius 2 is 1.52 bits per heavy atom. The van der Waals surface area contributed by atoms with Crippen LogP contribution in [0, 0.1) is 0 Å². The molecule has 1 saturated heterocycles. The summed E-state index contributed by atoms with van der Waals surface area (Å²) in [4.78, 5) is 38.0. The first-order valence-corrected chi connectivity index (χ1v) is 8.37. The quantitative estimate of drug-likeness (QED) is 0.666. The van der Waals surface area contributed by atoms with Crippen LogP contribution in [0.2, 0.25) is 0 Å². The number of hydrogen-bond acceptors (Lipinski definition) is 4. The van der Waals surface area contributed by atoms with Crippen LogP contribution >= 0.6 is 0 Å². The van der Waals surface area contributed by atoms with Crippen LogP contribution in [0.1, 0.15) is 12.8 Å². The Morgan fingerprint density at radius 1 is 0.920 bits per heavy atom. The van der Waals surface area contributed by atoms with Gasteiger partial charge in [0.2, 0.25) is 5.91 Å². The van der Waals surface area contributed by atoms with E-state index >= 15 is 0 Å². The zero-order valence-electron chi connectivity index (χ0n) is 14.1. The van der Waals surface area contributed by atoms with Gasteiger partial charge in [-0.15, -0.1) is 0 Å². The predicted octanol–water partition coefficient (Wildman–Crippen LogP) is 0.499. The van der Waals surface area contributed by atoms with Gasteiger partial charge in [0.15, 0.2) is 0 Å². The lowest BCUT2D eigenvalue weighted by Gasteiger charge is -2.36. The van der Waals surface area contributed by atoms with E-state index in [0.717, 1.165) is 18.8 Å².